The summed E-state index contributed by atoms with van der Waals surface area (Å²) in [6.07, 6.45) is 14.0. The second-order valence-electron chi connectivity index (χ2n) is 13.0. The van der Waals surface area contributed by atoms with Crippen LogP contribution in [0.5, 0.6) is 0 Å². The summed E-state index contributed by atoms with van der Waals surface area (Å²) in [5.41, 5.74) is 0.405. The van der Waals surface area contributed by atoms with E-state index in [9.17, 15) is 9.90 Å². The van der Waals surface area contributed by atoms with Crippen LogP contribution >= 0.6 is 0 Å². The molecule has 0 saturated heterocycles. The maximum Gasteiger partial charge on any atom is 0.305 e. The molecule has 0 aromatic carbocycles. The molecule has 4 nitrogen and oxygen atoms in total. The molecule has 0 aliphatic heterocycles. The number of carbonyl (C=O) groups is 1. The van der Waals surface area contributed by atoms with Gasteiger partial charge in [0.2, 0.25) is 0 Å². The monoisotopic (exact) mass is 447 g/mol. The van der Waals surface area contributed by atoms with Gasteiger partial charge < -0.3 is 15.2 Å². The highest BCUT2D eigenvalue weighted by atomic mass is 16.5. The molecule has 0 amide bonds. The van der Waals surface area contributed by atoms with Crippen LogP contribution in [0.15, 0.2) is 0 Å². The molecule has 0 spiro atoms. The van der Waals surface area contributed by atoms with Crippen molar-refractivity contribution in [3.8, 4) is 0 Å². The molecule has 9 atom stereocenters. The first-order valence-corrected chi connectivity index (χ1v) is 13.6. The molecule has 1 unspecified atom stereocenters. The van der Waals surface area contributed by atoms with Crippen molar-refractivity contribution in [3.63, 3.8) is 0 Å². The van der Waals surface area contributed by atoms with E-state index in [1.54, 1.807) is 0 Å². The lowest BCUT2D eigenvalue weighted by molar-refractivity contribution is -0.140. The molecule has 32 heavy (non-hydrogen) atoms. The molecule has 4 fully saturated rings. The molecule has 2 N–H and O–H groups in total. The van der Waals surface area contributed by atoms with Gasteiger partial charge in [0.05, 0.1) is 12.7 Å². The summed E-state index contributed by atoms with van der Waals surface area (Å²) >= 11 is 0. The van der Waals surface area contributed by atoms with Crippen molar-refractivity contribution in [1.29, 1.82) is 0 Å². The average molecular weight is 448 g/mol. The smallest absolute Gasteiger partial charge is 0.305 e. The molecule has 0 bridgehead atoms. The minimum atomic E-state index is -0.445. The second-order valence-corrected chi connectivity index (χ2v) is 13.0. The van der Waals surface area contributed by atoms with Crippen molar-refractivity contribution in [2.75, 3.05) is 13.7 Å². The summed E-state index contributed by atoms with van der Waals surface area (Å²) in [5, 5.41) is 14.6. The largest absolute Gasteiger partial charge is 0.469 e. The SMILES string of the molecule is COC(=O)CCCC(C)NC[C@H]1CC[C@H]2[C@@H]3CC[C@]4(C)C[C@](C)(O)CC[C@@H]4[C@H]3CC[C@]12C. The molecule has 4 heteroatoms. The fourth-order valence-corrected chi connectivity index (χ4v) is 9.18. The molecule has 0 aromatic rings. The first-order valence-electron chi connectivity index (χ1n) is 13.6. The lowest BCUT2D eigenvalue weighted by Crippen LogP contribution is -2.54. The zero-order chi connectivity index (χ0) is 23.1. The number of hydrogen-bond acceptors (Lipinski definition) is 4. The van der Waals surface area contributed by atoms with Gasteiger partial charge in [0, 0.05) is 12.5 Å². The first kappa shape index (κ1) is 24.5. The lowest BCUT2D eigenvalue weighted by Gasteiger charge is -2.60. The van der Waals surface area contributed by atoms with Gasteiger partial charge in [-0.1, -0.05) is 13.8 Å². The zero-order valence-corrected chi connectivity index (χ0v) is 21.4. The van der Waals surface area contributed by atoms with Gasteiger partial charge in [-0.3, -0.25) is 4.79 Å². The number of hydrogen-bond donors (Lipinski definition) is 2. The highest BCUT2D eigenvalue weighted by Crippen LogP contribution is 2.66. The highest BCUT2D eigenvalue weighted by molar-refractivity contribution is 5.68. The van der Waals surface area contributed by atoms with E-state index >= 15 is 0 Å². The Bertz CT molecular complexity index is 678. The molecule has 4 saturated carbocycles. The highest BCUT2D eigenvalue weighted by Gasteiger charge is 2.59. The van der Waals surface area contributed by atoms with Crippen molar-refractivity contribution >= 4 is 5.97 Å². The van der Waals surface area contributed by atoms with Crippen LogP contribution in [0, 0.1) is 40.4 Å². The molecule has 0 radical (unpaired) electrons. The number of nitrogens with one attached hydrogen (secondary N) is 1. The van der Waals surface area contributed by atoms with Gasteiger partial charge in [0.25, 0.3) is 0 Å². The summed E-state index contributed by atoms with van der Waals surface area (Å²) in [5.74, 6) is 4.24. The maximum absolute atomic E-state index is 11.4. The quantitative estimate of drug-likeness (QED) is 0.490. The van der Waals surface area contributed by atoms with Crippen molar-refractivity contribution in [1.82, 2.24) is 5.32 Å². The van der Waals surface area contributed by atoms with Crippen molar-refractivity contribution in [2.24, 2.45) is 40.4 Å². The number of fused-ring (bicyclic) bond motifs is 5. The van der Waals surface area contributed by atoms with E-state index in [0.717, 1.165) is 61.8 Å². The second kappa shape index (κ2) is 9.21. The van der Waals surface area contributed by atoms with Crippen molar-refractivity contribution in [2.45, 2.75) is 116 Å². The Labute approximate surface area is 196 Å². The third kappa shape index (κ3) is 4.65. The molecule has 4 aliphatic rings. The summed E-state index contributed by atoms with van der Waals surface area (Å²) in [6, 6.07) is 0.462. The Kier molecular flexibility index (Phi) is 7.05. The van der Waals surface area contributed by atoms with Gasteiger partial charge in [-0.2, -0.15) is 0 Å². The third-order valence-corrected chi connectivity index (χ3v) is 10.9. The maximum atomic E-state index is 11.4. The van der Waals surface area contributed by atoms with Gasteiger partial charge in [-0.05, 0) is 131 Å². The lowest BCUT2D eigenvalue weighted by atomic mass is 9.45. The van der Waals surface area contributed by atoms with Crippen LogP contribution in [0.1, 0.15) is 105 Å². The van der Waals surface area contributed by atoms with E-state index in [0.29, 0.717) is 23.3 Å². The summed E-state index contributed by atoms with van der Waals surface area (Å²) < 4.78 is 4.77. The van der Waals surface area contributed by atoms with Gasteiger partial charge in [-0.25, -0.2) is 0 Å². The van der Waals surface area contributed by atoms with Crippen molar-refractivity contribution < 1.29 is 14.6 Å². The van der Waals surface area contributed by atoms with Crippen LogP contribution < -0.4 is 5.32 Å². The molecular formula is C28H49NO3. The first-order chi connectivity index (χ1) is 15.1. The number of aliphatic hydroxyl groups is 1. The Morgan fingerprint density at radius 1 is 1.03 bits per heavy atom. The van der Waals surface area contributed by atoms with E-state index in [-0.39, 0.29) is 5.97 Å². The normalized spacial score (nSPS) is 46.6. The molecule has 184 valence electrons. The van der Waals surface area contributed by atoms with E-state index in [1.807, 2.05) is 0 Å². The van der Waals surface area contributed by atoms with E-state index in [4.69, 9.17) is 4.74 Å². The Morgan fingerprint density at radius 2 is 1.75 bits per heavy atom. The zero-order valence-electron chi connectivity index (χ0n) is 21.4. The fraction of sp³-hybridized carbons (Fsp3) is 0.964. The average Bonchev–Trinajstić information content (AvgIpc) is 3.06. The summed E-state index contributed by atoms with van der Waals surface area (Å²) in [4.78, 5) is 11.4. The Hall–Kier alpha value is -0.610. The number of carbonyl (C=O) groups excluding carboxylic acids is 1. The number of ether oxygens (including phenoxy) is 1. The Balaban J connectivity index is 1.34. The van der Waals surface area contributed by atoms with E-state index < -0.39 is 5.60 Å². The van der Waals surface area contributed by atoms with Gasteiger partial charge >= 0.3 is 5.97 Å². The number of rotatable bonds is 7. The number of esters is 1. The van der Waals surface area contributed by atoms with Crippen LogP contribution in [0.3, 0.4) is 0 Å². The molecule has 4 aliphatic carbocycles. The number of methoxy groups -OCH3 is 1. The standard InChI is InChI=1S/C28H49NO3/c1-19(7-6-8-25(30)32-5)29-17-20-9-10-24-22-11-14-26(2)18-27(3,31)15-13-23(26)21(22)12-16-28(20,24)4/h19-24,29,31H,6-18H2,1-5H3/t19?,20-,21+,22-,23-,24+,26-,27-,28-/m1/s1. The van der Waals surface area contributed by atoms with Gasteiger partial charge in [0.1, 0.15) is 0 Å². The third-order valence-electron chi connectivity index (χ3n) is 10.9. The van der Waals surface area contributed by atoms with Crippen LogP contribution in [0.25, 0.3) is 0 Å². The summed E-state index contributed by atoms with van der Waals surface area (Å²) in [7, 11) is 1.47. The van der Waals surface area contributed by atoms with E-state index in [2.05, 4.69) is 33.0 Å². The van der Waals surface area contributed by atoms with Crippen LogP contribution in [-0.2, 0) is 9.53 Å². The molecule has 0 heterocycles. The van der Waals surface area contributed by atoms with Crippen LogP contribution in [0.4, 0.5) is 0 Å². The molecule has 4 rings (SSSR count). The predicted molar refractivity (Wildman–Crippen MR) is 129 cm³/mol. The van der Waals surface area contributed by atoms with Crippen LogP contribution in [0.2, 0.25) is 0 Å². The molecular weight excluding hydrogens is 398 g/mol. The van der Waals surface area contributed by atoms with Crippen molar-refractivity contribution in [3.05, 3.63) is 0 Å². The predicted octanol–water partition coefficient (Wildman–Crippen LogP) is 5.72. The van der Waals surface area contributed by atoms with Gasteiger partial charge in [0.15, 0.2) is 0 Å². The fourth-order valence-electron chi connectivity index (χ4n) is 9.18. The van der Waals surface area contributed by atoms with Gasteiger partial charge in [-0.15, -0.1) is 0 Å². The van der Waals surface area contributed by atoms with Crippen LogP contribution in [-0.4, -0.2) is 36.4 Å². The minimum Gasteiger partial charge on any atom is -0.469 e. The topological polar surface area (TPSA) is 58.6 Å². The molecule has 0 aromatic heterocycles. The van der Waals surface area contributed by atoms with E-state index in [1.165, 1.54) is 52.1 Å². The summed E-state index contributed by atoms with van der Waals surface area (Å²) in [6.45, 7) is 10.6. The Morgan fingerprint density at radius 3 is 2.50 bits per heavy atom. The minimum absolute atomic E-state index is 0.0923.